The van der Waals surface area contributed by atoms with Crippen LogP contribution in [0.5, 0.6) is 0 Å². The summed E-state index contributed by atoms with van der Waals surface area (Å²) in [6.45, 7) is 4.21. The Balaban J connectivity index is 1.87. The van der Waals surface area contributed by atoms with Gasteiger partial charge in [-0.1, -0.05) is 6.08 Å². The lowest BCUT2D eigenvalue weighted by Crippen LogP contribution is -2.28. The van der Waals surface area contributed by atoms with Gasteiger partial charge in [0, 0.05) is 12.1 Å². The second-order valence-corrected chi connectivity index (χ2v) is 4.84. The van der Waals surface area contributed by atoms with E-state index in [0.29, 0.717) is 34.3 Å². The van der Waals surface area contributed by atoms with Crippen LogP contribution in [0.4, 0.5) is 5.82 Å². The first kappa shape index (κ1) is 14.2. The van der Waals surface area contributed by atoms with E-state index in [1.54, 1.807) is 30.9 Å². The number of pyridine rings is 1. The maximum absolute atomic E-state index is 5.16. The molecule has 0 radical (unpaired) electrons. The number of anilines is 1. The summed E-state index contributed by atoms with van der Waals surface area (Å²) in [5, 5.41) is 6.45. The van der Waals surface area contributed by atoms with Crippen molar-refractivity contribution in [2.45, 2.75) is 0 Å². The Kier molecular flexibility index (Phi) is 4.06. The molecule has 3 rings (SSSR count). The summed E-state index contributed by atoms with van der Waals surface area (Å²) in [6, 6.07) is 5.47. The van der Waals surface area contributed by atoms with E-state index in [1.807, 2.05) is 12.1 Å². The van der Waals surface area contributed by atoms with Crippen LogP contribution in [0.25, 0.3) is 22.4 Å². The molecule has 3 aromatic rings. The topological polar surface area (TPSA) is 75.9 Å². The van der Waals surface area contributed by atoms with Crippen molar-refractivity contribution >= 4 is 34.3 Å². The third kappa shape index (κ3) is 3.09. The van der Waals surface area contributed by atoms with Crippen LogP contribution in [-0.4, -0.2) is 26.6 Å². The molecule has 0 saturated heterocycles. The number of rotatable bonds is 4. The fourth-order valence-electron chi connectivity index (χ4n) is 1.84. The van der Waals surface area contributed by atoms with Gasteiger partial charge in [-0.15, -0.1) is 6.58 Å². The standard InChI is InChI=1S/C15H13N5OS/c1-2-6-16-15(22)20-13-4-3-11-14(19-13)18-12(8-17-11)10-5-7-21-9-10/h2-5,7-9H,1,6H2,(H2,16,18,19,20,22). The van der Waals surface area contributed by atoms with Gasteiger partial charge in [-0.25, -0.2) is 9.97 Å². The van der Waals surface area contributed by atoms with Crippen molar-refractivity contribution in [2.24, 2.45) is 0 Å². The van der Waals surface area contributed by atoms with Gasteiger partial charge >= 0.3 is 0 Å². The number of hydrogen-bond donors (Lipinski definition) is 2. The highest BCUT2D eigenvalue weighted by Gasteiger charge is 2.06. The number of aromatic nitrogens is 3. The van der Waals surface area contributed by atoms with E-state index in [2.05, 4.69) is 32.2 Å². The van der Waals surface area contributed by atoms with Crippen LogP contribution in [-0.2, 0) is 0 Å². The molecule has 22 heavy (non-hydrogen) atoms. The molecule has 3 heterocycles. The Bertz CT molecular complexity index is 816. The van der Waals surface area contributed by atoms with Crippen molar-refractivity contribution in [3.8, 4) is 11.3 Å². The van der Waals surface area contributed by atoms with Gasteiger partial charge in [0.1, 0.15) is 11.3 Å². The third-order valence-corrected chi connectivity index (χ3v) is 3.12. The van der Waals surface area contributed by atoms with Gasteiger partial charge in [-0.3, -0.25) is 4.98 Å². The third-order valence-electron chi connectivity index (χ3n) is 2.87. The van der Waals surface area contributed by atoms with Gasteiger partial charge in [0.15, 0.2) is 10.8 Å². The summed E-state index contributed by atoms with van der Waals surface area (Å²) in [6.07, 6.45) is 6.63. The summed E-state index contributed by atoms with van der Waals surface area (Å²) >= 11 is 5.16. The van der Waals surface area contributed by atoms with Crippen LogP contribution in [0.2, 0.25) is 0 Å². The van der Waals surface area contributed by atoms with Crippen molar-refractivity contribution in [1.82, 2.24) is 20.3 Å². The molecule has 0 aliphatic carbocycles. The SMILES string of the molecule is C=CCNC(=S)Nc1ccc2ncc(-c3ccoc3)nc2n1. The second-order valence-electron chi connectivity index (χ2n) is 4.43. The van der Waals surface area contributed by atoms with Crippen LogP contribution in [0.3, 0.4) is 0 Å². The monoisotopic (exact) mass is 311 g/mol. The largest absolute Gasteiger partial charge is 0.472 e. The first-order chi connectivity index (χ1) is 10.8. The first-order valence-corrected chi connectivity index (χ1v) is 6.99. The van der Waals surface area contributed by atoms with E-state index >= 15 is 0 Å². The predicted molar refractivity (Wildman–Crippen MR) is 89.5 cm³/mol. The van der Waals surface area contributed by atoms with Gasteiger partial charge in [-0.2, -0.15) is 0 Å². The number of thiocarbonyl (C=S) groups is 1. The minimum absolute atomic E-state index is 0.477. The van der Waals surface area contributed by atoms with Gasteiger partial charge < -0.3 is 15.1 Å². The predicted octanol–water partition coefficient (Wildman–Crippen LogP) is 2.76. The normalized spacial score (nSPS) is 10.4. The Labute approximate surface area is 132 Å². The molecule has 0 spiro atoms. The summed E-state index contributed by atoms with van der Waals surface area (Å²) in [7, 11) is 0. The molecule has 0 aliphatic heterocycles. The van der Waals surface area contributed by atoms with E-state index in [1.165, 1.54) is 0 Å². The maximum Gasteiger partial charge on any atom is 0.180 e. The van der Waals surface area contributed by atoms with Gasteiger partial charge in [0.2, 0.25) is 0 Å². The molecular formula is C15H13N5OS. The molecule has 7 heteroatoms. The highest BCUT2D eigenvalue weighted by atomic mass is 32.1. The molecule has 0 bridgehead atoms. The molecule has 0 atom stereocenters. The molecule has 0 amide bonds. The van der Waals surface area contributed by atoms with Crippen LogP contribution in [0.1, 0.15) is 0 Å². The Morgan fingerprint density at radius 1 is 1.32 bits per heavy atom. The zero-order chi connectivity index (χ0) is 15.4. The molecule has 0 fully saturated rings. The smallest absolute Gasteiger partial charge is 0.180 e. The second kappa shape index (κ2) is 6.31. The number of nitrogens with zero attached hydrogens (tertiary/aromatic N) is 3. The first-order valence-electron chi connectivity index (χ1n) is 6.58. The van der Waals surface area contributed by atoms with Gasteiger partial charge in [0.05, 0.1) is 24.4 Å². The van der Waals surface area contributed by atoms with E-state index in [-0.39, 0.29) is 0 Å². The Morgan fingerprint density at radius 2 is 2.23 bits per heavy atom. The molecule has 110 valence electrons. The minimum atomic E-state index is 0.477. The van der Waals surface area contributed by atoms with Crippen LogP contribution in [0, 0.1) is 0 Å². The molecule has 6 nitrogen and oxygen atoms in total. The van der Waals surface area contributed by atoms with E-state index in [0.717, 1.165) is 5.56 Å². The fraction of sp³-hybridized carbons (Fsp3) is 0.0667. The quantitative estimate of drug-likeness (QED) is 0.567. The van der Waals surface area contributed by atoms with Crippen molar-refractivity contribution in [1.29, 1.82) is 0 Å². The zero-order valence-corrected chi connectivity index (χ0v) is 12.4. The number of hydrogen-bond acceptors (Lipinski definition) is 5. The van der Waals surface area contributed by atoms with Crippen molar-refractivity contribution < 1.29 is 4.42 Å². The Morgan fingerprint density at radius 3 is 3.00 bits per heavy atom. The molecule has 0 aromatic carbocycles. The average Bonchev–Trinajstić information content (AvgIpc) is 3.06. The number of nitrogens with one attached hydrogen (secondary N) is 2. The minimum Gasteiger partial charge on any atom is -0.472 e. The summed E-state index contributed by atoms with van der Waals surface area (Å²) in [4.78, 5) is 13.3. The highest BCUT2D eigenvalue weighted by Crippen LogP contribution is 2.19. The van der Waals surface area contributed by atoms with Gasteiger partial charge in [0.25, 0.3) is 0 Å². The van der Waals surface area contributed by atoms with Crippen molar-refractivity contribution in [3.63, 3.8) is 0 Å². The summed E-state index contributed by atoms with van der Waals surface area (Å²) in [5.74, 6) is 0.604. The lowest BCUT2D eigenvalue weighted by molar-refractivity contribution is 0.568. The number of fused-ring (bicyclic) bond motifs is 1. The fourth-order valence-corrected chi connectivity index (χ4v) is 2.03. The van der Waals surface area contributed by atoms with E-state index in [9.17, 15) is 0 Å². The van der Waals surface area contributed by atoms with Crippen LogP contribution in [0.15, 0.2) is 54.0 Å². The lowest BCUT2D eigenvalue weighted by Gasteiger charge is -2.08. The highest BCUT2D eigenvalue weighted by molar-refractivity contribution is 7.80. The van der Waals surface area contributed by atoms with Gasteiger partial charge in [-0.05, 0) is 30.4 Å². The van der Waals surface area contributed by atoms with Crippen molar-refractivity contribution in [3.05, 3.63) is 49.6 Å². The summed E-state index contributed by atoms with van der Waals surface area (Å²) < 4.78 is 5.06. The zero-order valence-electron chi connectivity index (χ0n) is 11.6. The molecule has 0 saturated carbocycles. The van der Waals surface area contributed by atoms with Crippen LogP contribution < -0.4 is 10.6 Å². The maximum atomic E-state index is 5.16. The Hall–Kier alpha value is -2.80. The van der Waals surface area contributed by atoms with Crippen LogP contribution >= 0.6 is 12.2 Å². The summed E-state index contributed by atoms with van der Waals surface area (Å²) in [5.41, 5.74) is 2.81. The number of furan rings is 1. The van der Waals surface area contributed by atoms with E-state index < -0.39 is 0 Å². The average molecular weight is 311 g/mol. The lowest BCUT2D eigenvalue weighted by atomic mass is 10.2. The molecular weight excluding hydrogens is 298 g/mol. The molecule has 3 aromatic heterocycles. The van der Waals surface area contributed by atoms with Crippen molar-refractivity contribution in [2.75, 3.05) is 11.9 Å². The molecule has 0 aliphatic rings. The molecule has 0 unspecified atom stereocenters. The van der Waals surface area contributed by atoms with E-state index in [4.69, 9.17) is 16.6 Å². The molecule has 2 N–H and O–H groups in total.